The number of hydrogen-bond donors (Lipinski definition) is 0. The van der Waals surface area contributed by atoms with Gasteiger partial charge >= 0.3 is 0 Å². The summed E-state index contributed by atoms with van der Waals surface area (Å²) in [6, 6.07) is 13.9. The number of piperidine rings is 1. The third-order valence-corrected chi connectivity index (χ3v) is 10.4. The minimum Gasteiger partial charge on any atom is -0.497 e. The normalized spacial score (nSPS) is 17.3. The Balaban J connectivity index is 1.41. The molecular weight excluding hydrogens is 634 g/mol. The van der Waals surface area contributed by atoms with Crippen molar-refractivity contribution < 1.29 is 31.4 Å². The lowest BCUT2D eigenvalue weighted by atomic mass is 9.81. The Hall–Kier alpha value is -3.52. The third kappa shape index (κ3) is 6.90. The summed E-state index contributed by atoms with van der Waals surface area (Å²) in [5.74, 6) is -1.58. The molecule has 0 amide bonds. The fourth-order valence-corrected chi connectivity index (χ4v) is 7.65. The highest BCUT2D eigenvalue weighted by Gasteiger charge is 2.34. The molecule has 1 aliphatic heterocycles. The van der Waals surface area contributed by atoms with Crippen molar-refractivity contribution in [3.8, 4) is 17.2 Å². The summed E-state index contributed by atoms with van der Waals surface area (Å²) in [5.41, 5.74) is 1.54. The standard InChI is InChI=1S/C30H31ClF2N4O5S2/c1-36-11-10-24(19-4-7-22(31)8-5-19)21(15-36)17-42-28-13-26(33)29(14-25(28)32)44(38,39)37(30-34-18-35-43-30)16-20-6-9-23(40-2)12-27(20)41-3/h4-9,12-14,18,21,24H,10-11,15-17H2,1-3H3. The summed E-state index contributed by atoms with van der Waals surface area (Å²) in [7, 11) is 0.257. The van der Waals surface area contributed by atoms with Gasteiger partial charge in [-0.05, 0) is 55.8 Å². The lowest BCUT2D eigenvalue weighted by Gasteiger charge is -2.37. The van der Waals surface area contributed by atoms with Crippen LogP contribution in [0.5, 0.6) is 17.2 Å². The van der Waals surface area contributed by atoms with E-state index in [0.717, 1.165) is 40.4 Å². The van der Waals surface area contributed by atoms with Crippen LogP contribution in [0.3, 0.4) is 0 Å². The second-order valence-corrected chi connectivity index (χ2v) is 13.4. The van der Waals surface area contributed by atoms with Gasteiger partial charge in [0.1, 0.15) is 28.5 Å². The van der Waals surface area contributed by atoms with Gasteiger partial charge in [-0.2, -0.15) is 4.37 Å². The second-order valence-electron chi connectivity index (χ2n) is 10.4. The molecule has 1 saturated heterocycles. The van der Waals surface area contributed by atoms with Crippen LogP contribution in [0, 0.1) is 17.6 Å². The van der Waals surface area contributed by atoms with Crippen LogP contribution in [0.2, 0.25) is 5.02 Å². The van der Waals surface area contributed by atoms with Crippen molar-refractivity contribution in [1.29, 1.82) is 0 Å². The summed E-state index contributed by atoms with van der Waals surface area (Å²) >= 11 is 6.87. The zero-order valence-electron chi connectivity index (χ0n) is 24.2. The van der Waals surface area contributed by atoms with E-state index in [4.69, 9.17) is 25.8 Å². The lowest BCUT2D eigenvalue weighted by Crippen LogP contribution is -2.39. The van der Waals surface area contributed by atoms with Gasteiger partial charge in [-0.3, -0.25) is 0 Å². The SMILES string of the molecule is COc1ccc(CN(c2ncns2)S(=O)(=O)c2cc(F)c(OCC3CN(C)CCC3c3ccc(Cl)cc3)cc2F)c(OC)c1. The van der Waals surface area contributed by atoms with Gasteiger partial charge in [0.15, 0.2) is 11.6 Å². The van der Waals surface area contributed by atoms with E-state index in [1.807, 2.05) is 31.3 Å². The second kappa shape index (κ2) is 13.6. The zero-order valence-corrected chi connectivity index (χ0v) is 26.6. The molecule has 1 fully saturated rings. The van der Waals surface area contributed by atoms with E-state index >= 15 is 8.78 Å². The van der Waals surface area contributed by atoms with E-state index in [0.29, 0.717) is 34.7 Å². The van der Waals surface area contributed by atoms with Crippen LogP contribution in [-0.2, 0) is 16.6 Å². The quantitative estimate of drug-likeness (QED) is 0.193. The fourth-order valence-electron chi connectivity index (χ4n) is 5.34. The van der Waals surface area contributed by atoms with Gasteiger partial charge in [0.25, 0.3) is 10.0 Å². The highest BCUT2D eigenvalue weighted by Crippen LogP contribution is 2.36. The highest BCUT2D eigenvalue weighted by molar-refractivity contribution is 7.93. The topological polar surface area (TPSA) is 94.1 Å². The molecule has 44 heavy (non-hydrogen) atoms. The molecule has 1 aromatic heterocycles. The van der Waals surface area contributed by atoms with E-state index in [1.165, 1.54) is 20.5 Å². The van der Waals surface area contributed by atoms with Crippen LogP contribution in [-0.4, -0.2) is 63.6 Å². The minimum absolute atomic E-state index is 0.0202. The first-order valence-electron chi connectivity index (χ1n) is 13.7. The van der Waals surface area contributed by atoms with E-state index in [2.05, 4.69) is 14.3 Å². The maximum Gasteiger partial charge on any atom is 0.269 e. The summed E-state index contributed by atoms with van der Waals surface area (Å²) in [6.45, 7) is 1.39. The third-order valence-electron chi connectivity index (χ3n) is 7.61. The number of rotatable bonds is 11. The van der Waals surface area contributed by atoms with E-state index < -0.39 is 26.6 Å². The number of hydrogen-bond acceptors (Lipinski definition) is 9. The number of nitrogens with zero attached hydrogens (tertiary/aromatic N) is 4. The molecule has 2 heterocycles. The minimum atomic E-state index is -4.66. The molecule has 0 radical (unpaired) electrons. The average molecular weight is 665 g/mol. The Morgan fingerprint density at radius 2 is 1.82 bits per heavy atom. The number of methoxy groups -OCH3 is 2. The smallest absolute Gasteiger partial charge is 0.269 e. The molecule has 9 nitrogen and oxygen atoms in total. The molecule has 1 aliphatic rings. The Labute approximate surface area is 264 Å². The van der Waals surface area contributed by atoms with Crippen LogP contribution < -0.4 is 18.5 Å². The first-order chi connectivity index (χ1) is 21.1. The summed E-state index contributed by atoms with van der Waals surface area (Å²) in [4.78, 5) is 5.32. The monoisotopic (exact) mass is 664 g/mol. The first-order valence-corrected chi connectivity index (χ1v) is 16.3. The largest absolute Gasteiger partial charge is 0.497 e. The van der Waals surface area contributed by atoms with E-state index in [-0.39, 0.29) is 35.9 Å². The van der Waals surface area contributed by atoms with Gasteiger partial charge in [0, 0.05) is 52.8 Å². The molecule has 5 rings (SSSR count). The predicted octanol–water partition coefficient (Wildman–Crippen LogP) is 6.00. The van der Waals surface area contributed by atoms with Gasteiger partial charge in [0.05, 0.1) is 27.4 Å². The number of benzene rings is 3. The number of ether oxygens (including phenoxy) is 3. The molecule has 14 heteroatoms. The van der Waals surface area contributed by atoms with E-state index in [9.17, 15) is 8.42 Å². The van der Waals surface area contributed by atoms with E-state index in [1.54, 1.807) is 18.2 Å². The maximum absolute atomic E-state index is 15.6. The fraction of sp³-hybridized carbons (Fsp3) is 0.333. The Bertz CT molecular complexity index is 1690. The molecule has 0 saturated carbocycles. The van der Waals surface area contributed by atoms with Gasteiger partial charge < -0.3 is 19.1 Å². The van der Waals surface area contributed by atoms with Crippen molar-refractivity contribution in [1.82, 2.24) is 14.3 Å². The highest BCUT2D eigenvalue weighted by atomic mass is 35.5. The molecule has 0 N–H and O–H groups in total. The lowest BCUT2D eigenvalue weighted by molar-refractivity contribution is 0.127. The van der Waals surface area contributed by atoms with Crippen molar-refractivity contribution >= 4 is 38.3 Å². The van der Waals surface area contributed by atoms with Crippen LogP contribution in [0.1, 0.15) is 23.5 Å². The molecule has 4 aromatic rings. The maximum atomic E-state index is 15.6. The summed E-state index contributed by atoms with van der Waals surface area (Å²) < 4.78 is 79.9. The number of anilines is 1. The zero-order chi connectivity index (χ0) is 31.4. The molecule has 2 unspecified atom stereocenters. The van der Waals surface area contributed by atoms with Crippen molar-refractivity contribution in [3.63, 3.8) is 0 Å². The van der Waals surface area contributed by atoms with Crippen LogP contribution in [0.25, 0.3) is 0 Å². The van der Waals surface area contributed by atoms with Gasteiger partial charge in [-0.1, -0.05) is 23.7 Å². The van der Waals surface area contributed by atoms with Gasteiger partial charge in [-0.15, -0.1) is 0 Å². The molecule has 0 bridgehead atoms. The van der Waals surface area contributed by atoms with Crippen molar-refractivity contribution in [2.45, 2.75) is 23.8 Å². The summed E-state index contributed by atoms with van der Waals surface area (Å²) in [5, 5.41) is 0.604. The number of aromatic nitrogens is 2. The predicted molar refractivity (Wildman–Crippen MR) is 164 cm³/mol. The Morgan fingerprint density at radius 3 is 2.50 bits per heavy atom. The molecular formula is C30H31ClF2N4O5S2. The van der Waals surface area contributed by atoms with Crippen LogP contribution in [0.15, 0.2) is 65.8 Å². The Kier molecular flexibility index (Phi) is 9.88. The van der Waals surface area contributed by atoms with Gasteiger partial charge in [-0.25, -0.2) is 26.5 Å². The molecule has 3 aromatic carbocycles. The summed E-state index contributed by atoms with van der Waals surface area (Å²) in [6.07, 6.45) is 2.04. The number of halogens is 3. The van der Waals surface area contributed by atoms with Crippen LogP contribution in [0.4, 0.5) is 13.9 Å². The first kappa shape index (κ1) is 31.9. The van der Waals surface area contributed by atoms with Crippen molar-refractivity contribution in [3.05, 3.63) is 88.7 Å². The van der Waals surface area contributed by atoms with Crippen LogP contribution >= 0.6 is 23.1 Å². The Morgan fingerprint density at radius 1 is 1.05 bits per heavy atom. The molecule has 234 valence electrons. The number of likely N-dealkylation sites (tertiary alicyclic amines) is 1. The average Bonchev–Trinajstić information content (AvgIpc) is 3.55. The molecule has 0 spiro atoms. The van der Waals surface area contributed by atoms with Crippen molar-refractivity contribution in [2.75, 3.05) is 45.3 Å². The molecule has 2 atom stereocenters. The van der Waals surface area contributed by atoms with Crippen molar-refractivity contribution in [2.24, 2.45) is 5.92 Å². The van der Waals surface area contributed by atoms with Gasteiger partial charge in [0.2, 0.25) is 5.13 Å². The number of sulfonamides is 1. The molecule has 0 aliphatic carbocycles.